The van der Waals surface area contributed by atoms with E-state index in [-0.39, 0.29) is 0 Å². The van der Waals surface area contributed by atoms with Gasteiger partial charge in [0.1, 0.15) is 0 Å². The van der Waals surface area contributed by atoms with Gasteiger partial charge in [-0.2, -0.15) is 4.98 Å². The Morgan fingerprint density at radius 3 is 2.30 bits per heavy atom. The summed E-state index contributed by atoms with van der Waals surface area (Å²) in [6.45, 7) is 3.02. The molecule has 0 bridgehead atoms. The number of hydrogen-bond donors (Lipinski definition) is 0. The molecule has 1 heterocycles. The van der Waals surface area contributed by atoms with E-state index in [1.54, 1.807) is 0 Å². The second kappa shape index (κ2) is 15.9. The van der Waals surface area contributed by atoms with E-state index in [0.717, 1.165) is 48.2 Å². The first kappa shape index (κ1) is 25.7. The van der Waals surface area contributed by atoms with Crippen LogP contribution in [0.1, 0.15) is 115 Å². The van der Waals surface area contributed by atoms with Crippen molar-refractivity contribution in [1.82, 2.24) is 9.97 Å². The molecule has 1 saturated carbocycles. The Hall–Kier alpha value is -1.90. The predicted molar refractivity (Wildman–Crippen MR) is 140 cm³/mol. The summed E-state index contributed by atoms with van der Waals surface area (Å²) in [5.74, 6) is 2.62. The second-order valence-electron chi connectivity index (χ2n) is 9.96. The summed E-state index contributed by atoms with van der Waals surface area (Å²) < 4.78 is 6.22. The van der Waals surface area contributed by atoms with Gasteiger partial charge in [0.25, 0.3) is 0 Å². The van der Waals surface area contributed by atoms with Crippen LogP contribution in [-0.4, -0.2) is 16.6 Å². The van der Waals surface area contributed by atoms with Gasteiger partial charge in [0.15, 0.2) is 5.82 Å². The molecule has 0 atom stereocenters. The van der Waals surface area contributed by atoms with Crippen molar-refractivity contribution in [3.8, 4) is 17.3 Å². The minimum absolute atomic E-state index is 0.760. The molecule has 182 valence electrons. The topological polar surface area (TPSA) is 35.0 Å². The molecule has 3 heteroatoms. The van der Waals surface area contributed by atoms with E-state index in [4.69, 9.17) is 9.72 Å². The lowest BCUT2D eigenvalue weighted by molar-refractivity contribution is 0.289. The minimum atomic E-state index is 0.760. The fraction of sp³-hybridized carbons (Fsp3) is 0.667. The summed E-state index contributed by atoms with van der Waals surface area (Å²) in [5, 5.41) is 0. The first-order chi connectivity index (χ1) is 16.4. The molecular formula is C30H46N2O. The number of hydrogen-bond acceptors (Lipinski definition) is 3. The number of nitrogens with zero attached hydrogens (tertiary/aromatic N) is 2. The summed E-state index contributed by atoms with van der Waals surface area (Å²) in [7, 11) is 0. The molecule has 1 fully saturated rings. The summed E-state index contributed by atoms with van der Waals surface area (Å²) in [6.07, 6.45) is 24.7. The van der Waals surface area contributed by atoms with Crippen LogP contribution in [-0.2, 0) is 6.42 Å². The van der Waals surface area contributed by atoms with Gasteiger partial charge in [-0.3, -0.25) is 0 Å². The summed E-state index contributed by atoms with van der Waals surface area (Å²) in [4.78, 5) is 9.47. The van der Waals surface area contributed by atoms with Crippen LogP contribution in [0.2, 0.25) is 0 Å². The highest BCUT2D eigenvalue weighted by Gasteiger charge is 2.14. The Bertz CT molecular complexity index is 755. The molecular weight excluding hydrogens is 404 g/mol. The van der Waals surface area contributed by atoms with Crippen molar-refractivity contribution in [2.24, 2.45) is 5.92 Å². The van der Waals surface area contributed by atoms with E-state index in [0.29, 0.717) is 0 Å². The van der Waals surface area contributed by atoms with Crippen LogP contribution in [0.5, 0.6) is 5.88 Å². The Balaban J connectivity index is 1.40. The molecule has 0 saturated heterocycles. The van der Waals surface area contributed by atoms with Crippen molar-refractivity contribution in [1.29, 1.82) is 0 Å². The van der Waals surface area contributed by atoms with Crippen molar-refractivity contribution >= 4 is 0 Å². The highest BCUT2D eigenvalue weighted by atomic mass is 16.5. The zero-order valence-electron chi connectivity index (χ0n) is 21.1. The van der Waals surface area contributed by atoms with Crippen LogP contribution in [0, 0.1) is 5.92 Å². The smallest absolute Gasteiger partial charge is 0.220 e. The number of aromatic nitrogens is 2. The van der Waals surface area contributed by atoms with Gasteiger partial charge in [0, 0.05) is 17.3 Å². The summed E-state index contributed by atoms with van der Waals surface area (Å²) in [6, 6.07) is 10.2. The van der Waals surface area contributed by atoms with E-state index >= 15 is 0 Å². The fourth-order valence-corrected chi connectivity index (χ4v) is 5.04. The molecule has 1 aliphatic rings. The summed E-state index contributed by atoms with van der Waals surface area (Å²) in [5.41, 5.74) is 2.22. The standard InChI is InChI=1S/C30H46N2O/c1-2-3-4-7-12-23-28-25-31-29(27-21-13-10-14-22-27)32-30(28)33-24-17-9-6-5-8-11-18-26-19-15-16-20-26/h10,13-14,21-22,25-26H,2-9,11-12,15-20,23-24H2,1H3. The molecule has 1 aliphatic carbocycles. The Kier molecular flexibility index (Phi) is 12.4. The van der Waals surface area contributed by atoms with E-state index in [2.05, 4.69) is 24.0 Å². The molecule has 3 nitrogen and oxygen atoms in total. The van der Waals surface area contributed by atoms with Gasteiger partial charge < -0.3 is 4.74 Å². The highest BCUT2D eigenvalue weighted by molar-refractivity contribution is 5.55. The van der Waals surface area contributed by atoms with Crippen LogP contribution in [0.3, 0.4) is 0 Å². The third-order valence-corrected chi connectivity index (χ3v) is 7.13. The minimum Gasteiger partial charge on any atom is -0.477 e. The lowest BCUT2D eigenvalue weighted by Gasteiger charge is -2.12. The third-order valence-electron chi connectivity index (χ3n) is 7.13. The van der Waals surface area contributed by atoms with E-state index in [1.807, 2.05) is 24.4 Å². The van der Waals surface area contributed by atoms with Crippen LogP contribution in [0.25, 0.3) is 11.4 Å². The van der Waals surface area contributed by atoms with Gasteiger partial charge in [-0.25, -0.2) is 4.98 Å². The van der Waals surface area contributed by atoms with Crippen molar-refractivity contribution in [2.45, 2.75) is 116 Å². The number of unbranched alkanes of at least 4 members (excludes halogenated alkanes) is 9. The van der Waals surface area contributed by atoms with E-state index in [1.165, 1.54) is 96.3 Å². The van der Waals surface area contributed by atoms with Crippen LogP contribution < -0.4 is 4.74 Å². The monoisotopic (exact) mass is 450 g/mol. The van der Waals surface area contributed by atoms with Crippen molar-refractivity contribution in [3.05, 3.63) is 42.1 Å². The normalized spacial score (nSPS) is 14.1. The molecule has 33 heavy (non-hydrogen) atoms. The van der Waals surface area contributed by atoms with Crippen LogP contribution in [0.4, 0.5) is 0 Å². The molecule has 1 aromatic carbocycles. The van der Waals surface area contributed by atoms with Crippen LogP contribution in [0.15, 0.2) is 36.5 Å². The largest absolute Gasteiger partial charge is 0.477 e. The average Bonchev–Trinajstić information content (AvgIpc) is 3.37. The number of aryl methyl sites for hydroxylation is 1. The molecule has 0 radical (unpaired) electrons. The van der Waals surface area contributed by atoms with Gasteiger partial charge in [-0.05, 0) is 25.2 Å². The number of benzene rings is 1. The molecule has 0 spiro atoms. The molecule has 1 aromatic heterocycles. The first-order valence-corrected chi connectivity index (χ1v) is 13.9. The van der Waals surface area contributed by atoms with Gasteiger partial charge in [0.2, 0.25) is 5.88 Å². The van der Waals surface area contributed by atoms with Gasteiger partial charge in [-0.1, -0.05) is 127 Å². The average molecular weight is 451 g/mol. The highest BCUT2D eigenvalue weighted by Crippen LogP contribution is 2.29. The Labute approximate surface area is 202 Å². The molecule has 2 aromatic rings. The third kappa shape index (κ3) is 9.86. The maximum absolute atomic E-state index is 6.22. The van der Waals surface area contributed by atoms with Gasteiger partial charge in [0.05, 0.1) is 6.61 Å². The lowest BCUT2D eigenvalue weighted by Crippen LogP contribution is -2.05. The molecule has 3 rings (SSSR count). The molecule has 0 N–H and O–H groups in total. The van der Waals surface area contributed by atoms with Crippen LogP contribution >= 0.6 is 0 Å². The van der Waals surface area contributed by atoms with Crippen molar-refractivity contribution in [2.75, 3.05) is 6.61 Å². The Morgan fingerprint density at radius 1 is 0.818 bits per heavy atom. The maximum Gasteiger partial charge on any atom is 0.220 e. The first-order valence-electron chi connectivity index (χ1n) is 13.9. The maximum atomic E-state index is 6.22. The SMILES string of the molecule is CCCCCCCc1cnc(-c2ccccc2)nc1OCCCCCCCCC1CCCC1. The van der Waals surface area contributed by atoms with Crippen molar-refractivity contribution in [3.63, 3.8) is 0 Å². The van der Waals surface area contributed by atoms with E-state index < -0.39 is 0 Å². The summed E-state index contributed by atoms with van der Waals surface area (Å²) >= 11 is 0. The molecule has 0 amide bonds. The fourth-order valence-electron chi connectivity index (χ4n) is 5.04. The number of ether oxygens (including phenoxy) is 1. The zero-order chi connectivity index (χ0) is 23.0. The van der Waals surface area contributed by atoms with Gasteiger partial charge >= 0.3 is 0 Å². The number of rotatable bonds is 17. The predicted octanol–water partition coefficient (Wildman–Crippen LogP) is 8.96. The molecule has 0 aliphatic heterocycles. The van der Waals surface area contributed by atoms with E-state index in [9.17, 15) is 0 Å². The second-order valence-corrected chi connectivity index (χ2v) is 9.96. The van der Waals surface area contributed by atoms with Crippen molar-refractivity contribution < 1.29 is 4.74 Å². The Morgan fingerprint density at radius 2 is 1.52 bits per heavy atom. The quantitative estimate of drug-likeness (QED) is 0.226. The molecule has 0 unspecified atom stereocenters. The van der Waals surface area contributed by atoms with Gasteiger partial charge in [-0.15, -0.1) is 0 Å². The lowest BCUT2D eigenvalue weighted by atomic mass is 9.99. The zero-order valence-corrected chi connectivity index (χ0v) is 21.1.